The number of nitrogen functional groups attached to an aromatic ring is 1. The molecule has 4 aromatic rings. The SMILES string of the molecule is Nc1nonc1-c1nc2ccccc2n1CC(=O)Nc1ccccc1C(F)(F)F. The van der Waals surface area contributed by atoms with Crippen LogP contribution in [0.4, 0.5) is 24.7 Å². The average molecular weight is 402 g/mol. The second kappa shape index (κ2) is 6.93. The fraction of sp³-hybridized carbons (Fsp3) is 0.111. The van der Waals surface area contributed by atoms with Gasteiger partial charge >= 0.3 is 6.18 Å². The number of halogens is 3. The predicted octanol–water partition coefficient (Wildman–Crippen LogP) is 3.33. The van der Waals surface area contributed by atoms with Gasteiger partial charge in [0, 0.05) is 0 Å². The van der Waals surface area contributed by atoms with Crippen molar-refractivity contribution in [1.29, 1.82) is 0 Å². The van der Waals surface area contributed by atoms with Crippen molar-refractivity contribution < 1.29 is 22.6 Å². The van der Waals surface area contributed by atoms with Crippen LogP contribution in [0, 0.1) is 0 Å². The van der Waals surface area contributed by atoms with Gasteiger partial charge in [0.25, 0.3) is 0 Å². The van der Waals surface area contributed by atoms with Crippen molar-refractivity contribution in [2.75, 3.05) is 11.1 Å². The zero-order chi connectivity index (χ0) is 20.6. The van der Waals surface area contributed by atoms with E-state index in [0.29, 0.717) is 11.0 Å². The Balaban J connectivity index is 1.70. The largest absolute Gasteiger partial charge is 0.418 e. The van der Waals surface area contributed by atoms with Gasteiger partial charge in [0.05, 0.1) is 22.3 Å². The second-order valence-electron chi connectivity index (χ2n) is 6.10. The van der Waals surface area contributed by atoms with Crippen LogP contribution in [0.1, 0.15) is 5.56 Å². The molecule has 0 bridgehead atoms. The Labute approximate surface area is 161 Å². The van der Waals surface area contributed by atoms with Crippen LogP contribution in [0.5, 0.6) is 0 Å². The second-order valence-corrected chi connectivity index (χ2v) is 6.10. The molecule has 0 aliphatic heterocycles. The molecule has 1 amide bonds. The molecule has 0 aliphatic carbocycles. The summed E-state index contributed by atoms with van der Waals surface area (Å²) in [4.78, 5) is 17.0. The van der Waals surface area contributed by atoms with Crippen LogP contribution in [0.2, 0.25) is 0 Å². The van der Waals surface area contributed by atoms with Crippen molar-refractivity contribution in [2.24, 2.45) is 0 Å². The minimum Gasteiger partial charge on any atom is -0.379 e. The minimum atomic E-state index is -4.60. The summed E-state index contributed by atoms with van der Waals surface area (Å²) < 4.78 is 45.6. The average Bonchev–Trinajstić information content (AvgIpc) is 3.25. The maximum absolute atomic E-state index is 13.2. The van der Waals surface area contributed by atoms with Crippen molar-refractivity contribution in [3.05, 3.63) is 54.1 Å². The summed E-state index contributed by atoms with van der Waals surface area (Å²) in [6, 6.07) is 11.7. The van der Waals surface area contributed by atoms with E-state index in [1.54, 1.807) is 24.3 Å². The summed E-state index contributed by atoms with van der Waals surface area (Å²) in [5.74, 6) is -0.491. The van der Waals surface area contributed by atoms with Crippen LogP contribution < -0.4 is 11.1 Å². The van der Waals surface area contributed by atoms with Crippen molar-refractivity contribution in [2.45, 2.75) is 12.7 Å². The Morgan fingerprint density at radius 1 is 1.10 bits per heavy atom. The molecule has 2 aromatic heterocycles. The summed E-state index contributed by atoms with van der Waals surface area (Å²) >= 11 is 0. The molecule has 3 N–H and O–H groups in total. The number of para-hydroxylation sites is 3. The number of imidazole rings is 1. The Morgan fingerprint density at radius 2 is 1.83 bits per heavy atom. The van der Waals surface area contributed by atoms with Gasteiger partial charge in [-0.05, 0) is 34.6 Å². The molecule has 4 rings (SSSR count). The molecule has 0 aliphatic rings. The lowest BCUT2D eigenvalue weighted by Crippen LogP contribution is -2.21. The number of carbonyl (C=O) groups is 1. The van der Waals surface area contributed by atoms with E-state index in [-0.39, 0.29) is 29.6 Å². The summed E-state index contributed by atoms with van der Waals surface area (Å²) in [7, 11) is 0. The third-order valence-corrected chi connectivity index (χ3v) is 4.19. The van der Waals surface area contributed by atoms with Gasteiger partial charge in [0.2, 0.25) is 5.91 Å². The van der Waals surface area contributed by atoms with Gasteiger partial charge in [-0.2, -0.15) is 13.2 Å². The lowest BCUT2D eigenvalue weighted by molar-refractivity contribution is -0.137. The molecule has 0 radical (unpaired) electrons. The smallest absolute Gasteiger partial charge is 0.379 e. The fourth-order valence-electron chi connectivity index (χ4n) is 2.94. The Hall–Kier alpha value is -3.89. The Kier molecular flexibility index (Phi) is 4.41. The molecule has 0 saturated carbocycles. The van der Waals surface area contributed by atoms with Gasteiger partial charge < -0.3 is 15.6 Å². The lowest BCUT2D eigenvalue weighted by Gasteiger charge is -2.14. The molecule has 0 unspecified atom stereocenters. The predicted molar refractivity (Wildman–Crippen MR) is 97.5 cm³/mol. The standard InChI is InChI=1S/C18H13F3N6O2/c19-18(20,21)10-5-1-2-6-11(10)23-14(28)9-27-13-8-4-3-7-12(13)24-17(27)15-16(22)26-29-25-15/h1-8H,9H2,(H2,22,26)(H,23,28). The van der Waals surface area contributed by atoms with E-state index in [2.05, 4.69) is 25.2 Å². The maximum atomic E-state index is 13.2. The van der Waals surface area contributed by atoms with E-state index >= 15 is 0 Å². The molecule has 0 fully saturated rings. The first-order chi connectivity index (χ1) is 13.8. The molecule has 148 valence electrons. The summed E-state index contributed by atoms with van der Waals surface area (Å²) in [6.45, 7) is -0.325. The number of fused-ring (bicyclic) bond motifs is 1. The fourth-order valence-corrected chi connectivity index (χ4v) is 2.94. The van der Waals surface area contributed by atoms with Crippen LogP contribution in [0.15, 0.2) is 53.2 Å². The molecular weight excluding hydrogens is 389 g/mol. The van der Waals surface area contributed by atoms with Crippen LogP contribution in [-0.4, -0.2) is 25.8 Å². The van der Waals surface area contributed by atoms with Crippen molar-refractivity contribution in [1.82, 2.24) is 19.9 Å². The van der Waals surface area contributed by atoms with E-state index in [4.69, 9.17) is 5.73 Å². The van der Waals surface area contributed by atoms with Gasteiger partial charge in [-0.3, -0.25) is 4.79 Å². The molecule has 8 nitrogen and oxygen atoms in total. The normalized spacial score (nSPS) is 11.7. The number of benzene rings is 2. The maximum Gasteiger partial charge on any atom is 0.418 e. The van der Waals surface area contributed by atoms with E-state index in [0.717, 1.165) is 6.07 Å². The van der Waals surface area contributed by atoms with Gasteiger partial charge in [-0.25, -0.2) is 9.61 Å². The first kappa shape index (κ1) is 18.5. The number of aromatic nitrogens is 4. The number of rotatable bonds is 4. The Morgan fingerprint density at radius 3 is 2.55 bits per heavy atom. The third kappa shape index (κ3) is 3.49. The van der Waals surface area contributed by atoms with Crippen molar-refractivity contribution in [3.8, 4) is 11.5 Å². The molecule has 29 heavy (non-hydrogen) atoms. The van der Waals surface area contributed by atoms with E-state index in [1.165, 1.54) is 22.8 Å². The molecule has 0 atom stereocenters. The summed E-state index contributed by atoms with van der Waals surface area (Å²) in [5.41, 5.74) is 5.72. The highest BCUT2D eigenvalue weighted by Crippen LogP contribution is 2.34. The van der Waals surface area contributed by atoms with Crippen LogP contribution in [0.25, 0.3) is 22.6 Å². The Bertz CT molecular complexity index is 1200. The number of nitrogens with one attached hydrogen (secondary N) is 1. The number of amides is 1. The highest BCUT2D eigenvalue weighted by molar-refractivity contribution is 5.93. The number of nitrogens with zero attached hydrogens (tertiary/aromatic N) is 4. The van der Waals surface area contributed by atoms with E-state index < -0.39 is 17.6 Å². The molecule has 0 spiro atoms. The zero-order valence-electron chi connectivity index (χ0n) is 14.6. The van der Waals surface area contributed by atoms with Gasteiger partial charge in [0.15, 0.2) is 17.3 Å². The number of anilines is 2. The number of hydrogen-bond acceptors (Lipinski definition) is 6. The molecule has 0 saturated heterocycles. The van der Waals surface area contributed by atoms with Gasteiger partial charge in [0.1, 0.15) is 6.54 Å². The lowest BCUT2D eigenvalue weighted by atomic mass is 10.1. The van der Waals surface area contributed by atoms with Crippen LogP contribution in [0.3, 0.4) is 0 Å². The molecule has 2 aromatic carbocycles. The number of carbonyl (C=O) groups excluding carboxylic acids is 1. The molecular formula is C18H13F3N6O2. The monoisotopic (exact) mass is 402 g/mol. The molecule has 11 heteroatoms. The number of nitrogens with two attached hydrogens (primary N) is 1. The minimum absolute atomic E-state index is 0.0237. The van der Waals surface area contributed by atoms with Gasteiger partial charge in [-0.15, -0.1) is 0 Å². The van der Waals surface area contributed by atoms with Crippen LogP contribution in [-0.2, 0) is 17.5 Å². The topological polar surface area (TPSA) is 112 Å². The number of alkyl halides is 3. The van der Waals surface area contributed by atoms with E-state index in [1.807, 2.05) is 0 Å². The first-order valence-corrected chi connectivity index (χ1v) is 8.34. The first-order valence-electron chi connectivity index (χ1n) is 8.34. The quantitative estimate of drug-likeness (QED) is 0.542. The van der Waals surface area contributed by atoms with E-state index in [9.17, 15) is 18.0 Å². The van der Waals surface area contributed by atoms with Gasteiger partial charge in [-0.1, -0.05) is 24.3 Å². The highest BCUT2D eigenvalue weighted by Gasteiger charge is 2.33. The summed E-state index contributed by atoms with van der Waals surface area (Å²) in [5, 5.41) is 9.52. The van der Waals surface area contributed by atoms with Crippen LogP contribution >= 0.6 is 0 Å². The highest BCUT2D eigenvalue weighted by atomic mass is 19.4. The third-order valence-electron chi connectivity index (χ3n) is 4.19. The summed E-state index contributed by atoms with van der Waals surface area (Å²) in [6.07, 6.45) is -4.60. The van der Waals surface area contributed by atoms with Crippen molar-refractivity contribution >= 4 is 28.4 Å². The van der Waals surface area contributed by atoms with Crippen molar-refractivity contribution in [3.63, 3.8) is 0 Å². The number of hydrogen-bond donors (Lipinski definition) is 2. The zero-order valence-corrected chi connectivity index (χ0v) is 14.6. The molecule has 2 heterocycles.